The van der Waals surface area contributed by atoms with Gasteiger partial charge in [-0.05, 0) is 26.2 Å². The lowest BCUT2D eigenvalue weighted by Gasteiger charge is -2.35. The molecule has 24 heavy (non-hydrogen) atoms. The molecule has 1 aromatic rings. The Balaban J connectivity index is 0.00000123. The average molecular weight is 360 g/mol. The minimum atomic E-state index is 0.108. The van der Waals surface area contributed by atoms with E-state index in [1.807, 2.05) is 53.9 Å². The van der Waals surface area contributed by atoms with E-state index in [4.69, 9.17) is 21.1 Å². The molecule has 1 fully saturated rings. The number of anilines is 1. The molecule has 6 heteroatoms. The number of ether oxygens (including phenoxy) is 2. The second-order valence-electron chi connectivity index (χ2n) is 5.23. The van der Waals surface area contributed by atoms with Crippen LogP contribution in [0.5, 0.6) is 0 Å². The van der Waals surface area contributed by atoms with Crippen LogP contribution in [0.1, 0.15) is 33.4 Å². The first-order chi connectivity index (χ1) is 11.6. The molecule has 1 saturated heterocycles. The Morgan fingerprint density at radius 1 is 1.29 bits per heavy atom. The number of halogens is 1. The fourth-order valence-corrected chi connectivity index (χ4v) is 2.56. The van der Waals surface area contributed by atoms with Crippen molar-refractivity contribution in [1.29, 1.82) is 0 Å². The molecule has 0 spiro atoms. The summed E-state index contributed by atoms with van der Waals surface area (Å²) in [5.74, 6) is 0. The smallest absolute Gasteiger partial charge is 0.129 e. The minimum Gasteiger partial charge on any atom is -0.382 e. The lowest BCUT2D eigenvalue weighted by Crippen LogP contribution is -2.45. The normalized spacial score (nSPS) is 16.9. The highest BCUT2D eigenvalue weighted by Gasteiger charge is 2.23. The maximum absolute atomic E-state index is 6.02. The van der Waals surface area contributed by atoms with Crippen molar-refractivity contribution in [3.63, 3.8) is 0 Å². The highest BCUT2D eigenvalue weighted by Crippen LogP contribution is 2.24. The Hall–Kier alpha value is -0.880. The van der Waals surface area contributed by atoms with Crippen molar-refractivity contribution in [2.75, 3.05) is 52.4 Å². The van der Waals surface area contributed by atoms with E-state index < -0.39 is 0 Å². The van der Waals surface area contributed by atoms with Gasteiger partial charge in [0.2, 0.25) is 0 Å². The summed E-state index contributed by atoms with van der Waals surface area (Å²) in [6.45, 7) is 11.8. The largest absolute Gasteiger partial charge is 0.382 e. The predicted octanol–water partition coefficient (Wildman–Crippen LogP) is 3.70. The Kier molecular flexibility index (Phi) is 12.9. The average Bonchev–Trinajstić information content (AvgIpc) is 2.59. The van der Waals surface area contributed by atoms with Crippen LogP contribution in [0, 0.1) is 0 Å². The van der Waals surface area contributed by atoms with E-state index in [0.29, 0.717) is 18.4 Å². The van der Waals surface area contributed by atoms with E-state index in [9.17, 15) is 0 Å². The van der Waals surface area contributed by atoms with Crippen LogP contribution in [0.3, 0.4) is 0 Å². The Morgan fingerprint density at radius 2 is 1.96 bits per heavy atom. The number of hydrogen-bond donors (Lipinski definition) is 0. The second-order valence-corrected chi connectivity index (χ2v) is 5.62. The SMILES string of the molecule is CC.CC.COCC1CN(c2ccc(Cl)nc2CN(C)C)CCO1. The quantitative estimate of drug-likeness (QED) is 0.749. The Bertz CT molecular complexity index is 442. The van der Waals surface area contributed by atoms with Crippen LogP contribution in [0.4, 0.5) is 5.69 Å². The fourth-order valence-electron chi connectivity index (χ4n) is 2.40. The molecule has 1 aliphatic heterocycles. The first-order valence-corrected chi connectivity index (χ1v) is 9.13. The van der Waals surface area contributed by atoms with Gasteiger partial charge >= 0.3 is 0 Å². The summed E-state index contributed by atoms with van der Waals surface area (Å²) in [5.41, 5.74) is 2.13. The van der Waals surface area contributed by atoms with Gasteiger partial charge in [0, 0.05) is 26.7 Å². The van der Waals surface area contributed by atoms with Crippen molar-refractivity contribution in [3.8, 4) is 0 Å². The summed E-state index contributed by atoms with van der Waals surface area (Å²) >= 11 is 6.02. The molecule has 1 aliphatic rings. The van der Waals surface area contributed by atoms with E-state index in [-0.39, 0.29) is 6.10 Å². The van der Waals surface area contributed by atoms with Crippen molar-refractivity contribution in [2.45, 2.75) is 40.3 Å². The van der Waals surface area contributed by atoms with Crippen LogP contribution in [-0.4, -0.2) is 63.5 Å². The van der Waals surface area contributed by atoms with Crippen LogP contribution in [0.2, 0.25) is 5.15 Å². The summed E-state index contributed by atoms with van der Waals surface area (Å²) in [6, 6.07) is 3.89. The van der Waals surface area contributed by atoms with Gasteiger partial charge in [-0.15, -0.1) is 0 Å². The van der Waals surface area contributed by atoms with Gasteiger partial charge in [-0.3, -0.25) is 0 Å². The van der Waals surface area contributed by atoms with E-state index in [1.165, 1.54) is 0 Å². The maximum Gasteiger partial charge on any atom is 0.129 e. The number of rotatable bonds is 5. The van der Waals surface area contributed by atoms with E-state index >= 15 is 0 Å². The summed E-state index contributed by atoms with van der Waals surface area (Å²) in [4.78, 5) is 8.86. The van der Waals surface area contributed by atoms with Crippen LogP contribution in [-0.2, 0) is 16.0 Å². The van der Waals surface area contributed by atoms with Crippen molar-refractivity contribution >= 4 is 17.3 Å². The Labute approximate surface area is 152 Å². The number of morpholine rings is 1. The third-order valence-corrected chi connectivity index (χ3v) is 3.42. The molecule has 0 aromatic carbocycles. The van der Waals surface area contributed by atoms with Gasteiger partial charge in [-0.25, -0.2) is 4.98 Å². The lowest BCUT2D eigenvalue weighted by atomic mass is 10.2. The highest BCUT2D eigenvalue weighted by molar-refractivity contribution is 6.29. The molecule has 0 bridgehead atoms. The predicted molar refractivity (Wildman–Crippen MR) is 103 cm³/mol. The molecule has 0 radical (unpaired) electrons. The van der Waals surface area contributed by atoms with Crippen molar-refractivity contribution in [3.05, 3.63) is 23.0 Å². The molecule has 0 saturated carbocycles. The molecule has 1 aromatic heterocycles. The van der Waals surface area contributed by atoms with E-state index in [2.05, 4.69) is 14.8 Å². The van der Waals surface area contributed by atoms with Gasteiger partial charge in [0.1, 0.15) is 5.15 Å². The highest BCUT2D eigenvalue weighted by atomic mass is 35.5. The van der Waals surface area contributed by atoms with Gasteiger partial charge in [0.25, 0.3) is 0 Å². The molecule has 0 N–H and O–H groups in total. The second kappa shape index (κ2) is 13.4. The molecule has 0 aliphatic carbocycles. The van der Waals surface area contributed by atoms with Crippen LogP contribution in [0.15, 0.2) is 12.1 Å². The number of pyridine rings is 1. The zero-order valence-electron chi connectivity index (χ0n) is 16.3. The van der Waals surface area contributed by atoms with Crippen molar-refractivity contribution in [2.24, 2.45) is 0 Å². The number of nitrogens with zero attached hydrogens (tertiary/aromatic N) is 3. The monoisotopic (exact) mass is 359 g/mol. The third kappa shape index (κ3) is 7.79. The van der Waals surface area contributed by atoms with Crippen molar-refractivity contribution < 1.29 is 9.47 Å². The molecule has 0 amide bonds. The van der Waals surface area contributed by atoms with Gasteiger partial charge in [-0.2, -0.15) is 0 Å². The standard InChI is InChI=1S/C14H22ClN3O2.2C2H6/c1-17(2)9-12-13(4-5-14(15)16-12)18-6-7-20-11(8-18)10-19-3;2*1-2/h4-5,11H,6-10H2,1-3H3;2*1-2H3. The topological polar surface area (TPSA) is 37.8 Å². The fraction of sp³-hybridized carbons (Fsp3) is 0.722. The van der Waals surface area contributed by atoms with Gasteiger partial charge in [0.05, 0.1) is 30.7 Å². The lowest BCUT2D eigenvalue weighted by molar-refractivity contribution is -0.0101. The zero-order valence-corrected chi connectivity index (χ0v) is 17.1. The molecule has 1 unspecified atom stereocenters. The molecule has 140 valence electrons. The Morgan fingerprint density at radius 3 is 2.54 bits per heavy atom. The summed E-state index contributed by atoms with van der Waals surface area (Å²) in [6.07, 6.45) is 0.108. The summed E-state index contributed by atoms with van der Waals surface area (Å²) < 4.78 is 10.9. The summed E-state index contributed by atoms with van der Waals surface area (Å²) in [7, 11) is 5.75. The first-order valence-electron chi connectivity index (χ1n) is 8.75. The van der Waals surface area contributed by atoms with Gasteiger partial charge in [0.15, 0.2) is 0 Å². The molecule has 5 nitrogen and oxygen atoms in total. The van der Waals surface area contributed by atoms with Gasteiger partial charge < -0.3 is 19.3 Å². The molecule has 2 rings (SSSR count). The van der Waals surface area contributed by atoms with Crippen LogP contribution >= 0.6 is 11.6 Å². The van der Waals surface area contributed by atoms with Crippen LogP contribution < -0.4 is 4.90 Å². The zero-order chi connectivity index (χ0) is 18.5. The molecular weight excluding hydrogens is 326 g/mol. The van der Waals surface area contributed by atoms with E-state index in [0.717, 1.165) is 31.0 Å². The van der Waals surface area contributed by atoms with E-state index in [1.54, 1.807) is 7.11 Å². The minimum absolute atomic E-state index is 0.108. The summed E-state index contributed by atoms with van der Waals surface area (Å²) in [5, 5.41) is 0.535. The molecule has 2 heterocycles. The van der Waals surface area contributed by atoms with Crippen molar-refractivity contribution in [1.82, 2.24) is 9.88 Å². The number of hydrogen-bond acceptors (Lipinski definition) is 5. The number of aromatic nitrogens is 1. The number of methoxy groups -OCH3 is 1. The maximum atomic E-state index is 6.02. The third-order valence-electron chi connectivity index (χ3n) is 3.21. The molecule has 1 atom stereocenters. The van der Waals surface area contributed by atoms with Crippen LogP contribution in [0.25, 0.3) is 0 Å². The van der Waals surface area contributed by atoms with Gasteiger partial charge in [-0.1, -0.05) is 39.3 Å². The first kappa shape index (κ1) is 23.1. The molecular formula is C18H34ClN3O2.